The van der Waals surface area contributed by atoms with Gasteiger partial charge in [-0.25, -0.2) is 0 Å². The molecule has 2 rings (SSSR count). The number of nitrogens with zero attached hydrogens (tertiary/aromatic N) is 1. The molecule has 0 saturated carbocycles. The van der Waals surface area contributed by atoms with Gasteiger partial charge in [0.2, 0.25) is 0 Å². The van der Waals surface area contributed by atoms with E-state index in [1.165, 1.54) is 16.7 Å². The highest BCUT2D eigenvalue weighted by molar-refractivity contribution is 6.73. The third kappa shape index (κ3) is 3.84. The first-order valence-corrected chi connectivity index (χ1v) is 10.8. The number of hydrogen-bond donors (Lipinski definition) is 0. The minimum absolute atomic E-state index is 0.000108. The van der Waals surface area contributed by atoms with Crippen LogP contribution in [0.25, 0.3) is 0 Å². The fraction of sp³-hybridized carbons (Fsp3) is 0.421. The van der Waals surface area contributed by atoms with E-state index in [9.17, 15) is 0 Å². The Morgan fingerprint density at radius 3 is 2.14 bits per heavy atom. The largest absolute Gasteiger partial charge is 0.406 e. The molecule has 118 valence electrons. The van der Waals surface area contributed by atoms with Gasteiger partial charge in [-0.3, -0.25) is 4.98 Å². The van der Waals surface area contributed by atoms with E-state index >= 15 is 0 Å². The molecule has 1 aromatic heterocycles. The molecule has 0 spiro atoms. The zero-order valence-corrected chi connectivity index (χ0v) is 15.2. The summed E-state index contributed by atoms with van der Waals surface area (Å²) in [6.07, 6.45) is 3.85. The summed E-state index contributed by atoms with van der Waals surface area (Å²) in [5.41, 5.74) is 3.57. The van der Waals surface area contributed by atoms with Crippen LogP contribution in [-0.4, -0.2) is 13.3 Å². The molecule has 2 nitrogen and oxygen atoms in total. The second-order valence-corrected chi connectivity index (χ2v) is 10.7. The standard InChI is InChI=1S/C19H27NOSi/c1-5-22(6-2,7-3)21-19(17-11-9-8-10-12-17)18-13-16(4)14-20-15-18/h8-15,19H,5-7H2,1-4H3. The van der Waals surface area contributed by atoms with E-state index in [4.69, 9.17) is 4.43 Å². The van der Waals surface area contributed by atoms with Crippen LogP contribution in [0.15, 0.2) is 48.8 Å². The average molecular weight is 314 g/mol. The molecule has 3 heteroatoms. The fourth-order valence-electron chi connectivity index (χ4n) is 2.93. The van der Waals surface area contributed by atoms with Gasteiger partial charge in [0.15, 0.2) is 8.32 Å². The van der Waals surface area contributed by atoms with Gasteiger partial charge >= 0.3 is 0 Å². The van der Waals surface area contributed by atoms with Crippen LogP contribution in [0.3, 0.4) is 0 Å². The molecule has 1 atom stereocenters. The van der Waals surface area contributed by atoms with E-state index in [0.29, 0.717) is 0 Å². The van der Waals surface area contributed by atoms with Gasteiger partial charge in [0, 0.05) is 18.0 Å². The van der Waals surface area contributed by atoms with Crippen molar-refractivity contribution in [1.82, 2.24) is 4.98 Å². The maximum Gasteiger partial charge on any atom is 0.193 e. The van der Waals surface area contributed by atoms with E-state index in [0.717, 1.165) is 18.1 Å². The lowest BCUT2D eigenvalue weighted by Crippen LogP contribution is -2.37. The van der Waals surface area contributed by atoms with Crippen LogP contribution < -0.4 is 0 Å². The van der Waals surface area contributed by atoms with Crippen molar-refractivity contribution in [3.63, 3.8) is 0 Å². The Bertz CT molecular complexity index is 573. The predicted molar refractivity (Wildman–Crippen MR) is 95.5 cm³/mol. The Morgan fingerprint density at radius 2 is 1.59 bits per heavy atom. The second kappa shape index (κ2) is 7.70. The molecular weight excluding hydrogens is 286 g/mol. The SMILES string of the molecule is CC[Si](CC)(CC)OC(c1ccccc1)c1cncc(C)c1. The van der Waals surface area contributed by atoms with Gasteiger partial charge in [-0.1, -0.05) is 57.2 Å². The van der Waals surface area contributed by atoms with E-state index in [1.54, 1.807) is 0 Å². The predicted octanol–water partition coefficient (Wildman–Crippen LogP) is 5.50. The first-order valence-electron chi connectivity index (χ1n) is 8.28. The minimum atomic E-state index is -1.69. The van der Waals surface area contributed by atoms with Crippen molar-refractivity contribution in [2.24, 2.45) is 0 Å². The summed E-state index contributed by atoms with van der Waals surface area (Å²) < 4.78 is 6.81. The van der Waals surface area contributed by atoms with Gasteiger partial charge in [-0.05, 0) is 36.2 Å². The van der Waals surface area contributed by atoms with Crippen molar-refractivity contribution in [2.45, 2.75) is 51.9 Å². The van der Waals surface area contributed by atoms with Gasteiger partial charge in [0.05, 0.1) is 6.10 Å². The third-order valence-electron chi connectivity index (χ3n) is 4.60. The molecule has 0 N–H and O–H groups in total. The highest BCUT2D eigenvalue weighted by Crippen LogP contribution is 2.34. The first kappa shape index (κ1) is 16.9. The molecule has 0 bridgehead atoms. The smallest absolute Gasteiger partial charge is 0.193 e. The van der Waals surface area contributed by atoms with Gasteiger partial charge in [-0.15, -0.1) is 0 Å². The molecule has 0 saturated heterocycles. The van der Waals surface area contributed by atoms with E-state index in [1.807, 2.05) is 12.4 Å². The molecule has 0 aliphatic rings. The monoisotopic (exact) mass is 313 g/mol. The van der Waals surface area contributed by atoms with Crippen LogP contribution in [0.5, 0.6) is 0 Å². The Balaban J connectivity index is 2.42. The van der Waals surface area contributed by atoms with Crippen molar-refractivity contribution in [3.05, 3.63) is 65.5 Å². The highest BCUT2D eigenvalue weighted by atomic mass is 28.4. The Morgan fingerprint density at radius 1 is 0.955 bits per heavy atom. The van der Waals surface area contributed by atoms with E-state index in [2.05, 4.69) is 69.1 Å². The molecule has 0 radical (unpaired) electrons. The summed E-state index contributed by atoms with van der Waals surface area (Å²) in [6, 6.07) is 16.2. The maximum absolute atomic E-state index is 6.81. The van der Waals surface area contributed by atoms with Crippen molar-refractivity contribution >= 4 is 8.32 Å². The summed E-state index contributed by atoms with van der Waals surface area (Å²) in [5, 5.41) is 0. The molecule has 0 aliphatic heterocycles. The summed E-state index contributed by atoms with van der Waals surface area (Å²) in [6.45, 7) is 8.91. The second-order valence-electron chi connectivity index (χ2n) is 5.95. The summed E-state index contributed by atoms with van der Waals surface area (Å²) in [7, 11) is -1.69. The zero-order chi connectivity index (χ0) is 16.0. The fourth-order valence-corrected chi connectivity index (χ4v) is 5.70. The molecule has 1 unspecified atom stereocenters. The number of aromatic nitrogens is 1. The molecule has 0 amide bonds. The van der Waals surface area contributed by atoms with Crippen LogP contribution in [-0.2, 0) is 4.43 Å². The molecular formula is C19H27NOSi. The number of aryl methyl sites for hydroxylation is 1. The van der Waals surface area contributed by atoms with Crippen molar-refractivity contribution in [3.8, 4) is 0 Å². The van der Waals surface area contributed by atoms with Gasteiger partial charge in [0.25, 0.3) is 0 Å². The van der Waals surface area contributed by atoms with Gasteiger partial charge in [-0.2, -0.15) is 0 Å². The first-order chi connectivity index (χ1) is 10.6. The lowest BCUT2D eigenvalue weighted by Gasteiger charge is -2.33. The van der Waals surface area contributed by atoms with Crippen LogP contribution in [0, 0.1) is 6.92 Å². The quantitative estimate of drug-likeness (QED) is 0.630. The molecule has 0 fully saturated rings. The Labute approximate surface area is 135 Å². The number of pyridine rings is 1. The topological polar surface area (TPSA) is 22.1 Å². The Hall–Kier alpha value is -1.45. The van der Waals surface area contributed by atoms with E-state index in [-0.39, 0.29) is 6.10 Å². The number of benzene rings is 1. The summed E-state index contributed by atoms with van der Waals surface area (Å²) in [5.74, 6) is 0. The zero-order valence-electron chi connectivity index (χ0n) is 14.2. The normalized spacial score (nSPS) is 13.1. The number of hydrogen-bond acceptors (Lipinski definition) is 2. The van der Waals surface area contributed by atoms with Crippen LogP contribution in [0.4, 0.5) is 0 Å². The molecule has 2 aromatic rings. The van der Waals surface area contributed by atoms with Crippen molar-refractivity contribution in [2.75, 3.05) is 0 Å². The highest BCUT2D eigenvalue weighted by Gasteiger charge is 2.33. The minimum Gasteiger partial charge on any atom is -0.406 e. The lowest BCUT2D eigenvalue weighted by atomic mass is 10.0. The molecule has 1 heterocycles. The maximum atomic E-state index is 6.81. The van der Waals surface area contributed by atoms with Crippen molar-refractivity contribution in [1.29, 1.82) is 0 Å². The van der Waals surface area contributed by atoms with Gasteiger partial charge in [0.1, 0.15) is 0 Å². The number of rotatable bonds is 7. The van der Waals surface area contributed by atoms with Crippen LogP contribution in [0.2, 0.25) is 18.1 Å². The summed E-state index contributed by atoms with van der Waals surface area (Å²) >= 11 is 0. The van der Waals surface area contributed by atoms with E-state index < -0.39 is 8.32 Å². The summed E-state index contributed by atoms with van der Waals surface area (Å²) in [4.78, 5) is 4.37. The van der Waals surface area contributed by atoms with Gasteiger partial charge < -0.3 is 4.43 Å². The molecule has 0 aliphatic carbocycles. The average Bonchev–Trinajstić information content (AvgIpc) is 2.57. The van der Waals surface area contributed by atoms with Crippen molar-refractivity contribution < 1.29 is 4.43 Å². The molecule has 22 heavy (non-hydrogen) atoms. The molecule has 1 aromatic carbocycles. The lowest BCUT2D eigenvalue weighted by molar-refractivity contribution is 0.229. The van der Waals surface area contributed by atoms with Crippen LogP contribution in [0.1, 0.15) is 43.6 Å². The van der Waals surface area contributed by atoms with Crippen LogP contribution >= 0.6 is 0 Å². The third-order valence-corrected chi connectivity index (χ3v) is 9.20. The Kier molecular flexibility index (Phi) is 5.92.